The van der Waals surface area contributed by atoms with Crippen molar-refractivity contribution in [2.24, 2.45) is 10.9 Å². The molecule has 21 heavy (non-hydrogen) atoms. The van der Waals surface area contributed by atoms with Crippen LogP contribution in [-0.4, -0.2) is 26.2 Å². The number of hydrogen-bond acceptors (Lipinski definition) is 2. The fourth-order valence-corrected chi connectivity index (χ4v) is 1.85. The molecule has 0 unspecified atom stereocenters. The van der Waals surface area contributed by atoms with E-state index in [0.717, 1.165) is 30.4 Å². The molecule has 0 atom stereocenters. The van der Waals surface area contributed by atoms with Gasteiger partial charge in [0.1, 0.15) is 5.75 Å². The smallest absolute Gasteiger partial charge is 0.191 e. The molecule has 2 N–H and O–H groups in total. The number of halogens is 1. The normalized spacial score (nSPS) is 11.0. The molecular weight excluding hydrogens is 377 g/mol. The van der Waals surface area contributed by atoms with E-state index in [1.807, 2.05) is 12.1 Å². The van der Waals surface area contributed by atoms with Gasteiger partial charge in [0.25, 0.3) is 0 Å². The first kappa shape index (κ1) is 20.0. The summed E-state index contributed by atoms with van der Waals surface area (Å²) in [7, 11) is 1.69. The molecule has 0 aliphatic carbocycles. The number of benzene rings is 1. The molecule has 0 fully saturated rings. The highest BCUT2D eigenvalue weighted by molar-refractivity contribution is 14.0. The highest BCUT2D eigenvalue weighted by Gasteiger charge is 2.01. The molecule has 1 aromatic carbocycles. The Kier molecular flexibility index (Phi) is 10.2. The number of nitrogens with one attached hydrogen (secondary N) is 2. The molecule has 0 heterocycles. The molecule has 0 aromatic heterocycles. The van der Waals surface area contributed by atoms with E-state index in [0.29, 0.717) is 12.5 Å². The maximum atomic E-state index is 5.29. The summed E-state index contributed by atoms with van der Waals surface area (Å²) in [5, 5.41) is 6.60. The zero-order chi connectivity index (χ0) is 15.0. The number of hydrogen-bond donors (Lipinski definition) is 2. The third kappa shape index (κ3) is 8.14. The maximum Gasteiger partial charge on any atom is 0.191 e. The average molecular weight is 405 g/mol. The number of aliphatic imine (C=N–C) groups is 1. The summed E-state index contributed by atoms with van der Waals surface area (Å²) < 4.78 is 5.29. The van der Waals surface area contributed by atoms with Crippen LogP contribution in [-0.2, 0) is 6.54 Å². The predicted octanol–water partition coefficient (Wildman–Crippen LogP) is 3.33. The van der Waals surface area contributed by atoms with Crippen molar-refractivity contribution >= 4 is 29.9 Å². The summed E-state index contributed by atoms with van der Waals surface area (Å²) in [6.45, 7) is 10.9. The Hall–Kier alpha value is -0.980. The first-order valence-corrected chi connectivity index (χ1v) is 7.21. The van der Waals surface area contributed by atoms with E-state index >= 15 is 0 Å². The molecule has 1 aromatic rings. The van der Waals surface area contributed by atoms with Gasteiger partial charge in [0.15, 0.2) is 5.96 Å². The third-order valence-corrected chi connectivity index (χ3v) is 2.79. The summed E-state index contributed by atoms with van der Waals surface area (Å²) in [5.41, 5.74) is 2.35. The average Bonchev–Trinajstić information content (AvgIpc) is 2.41. The molecule has 0 saturated heterocycles. The minimum absolute atomic E-state index is 0. The lowest BCUT2D eigenvalue weighted by Crippen LogP contribution is -2.39. The lowest BCUT2D eigenvalue weighted by molar-refractivity contribution is 0.414. The second-order valence-electron chi connectivity index (χ2n) is 5.33. The second kappa shape index (κ2) is 10.7. The van der Waals surface area contributed by atoms with Crippen molar-refractivity contribution in [1.29, 1.82) is 0 Å². The van der Waals surface area contributed by atoms with Crippen molar-refractivity contribution in [3.8, 4) is 5.75 Å². The van der Waals surface area contributed by atoms with Gasteiger partial charge in [0.2, 0.25) is 0 Å². The van der Waals surface area contributed by atoms with Gasteiger partial charge in [-0.3, -0.25) is 0 Å². The summed E-state index contributed by atoms with van der Waals surface area (Å²) in [4.78, 5) is 4.61. The molecule has 0 radical (unpaired) electrons. The fourth-order valence-electron chi connectivity index (χ4n) is 1.85. The van der Waals surface area contributed by atoms with Gasteiger partial charge < -0.3 is 15.4 Å². The van der Waals surface area contributed by atoms with Crippen LogP contribution in [0.1, 0.15) is 31.9 Å². The van der Waals surface area contributed by atoms with E-state index in [1.54, 1.807) is 7.11 Å². The Morgan fingerprint density at radius 1 is 1.24 bits per heavy atom. The standard InChI is InChI=1S/C16H27N3O.HI/c1-6-17-16(18-10-12(2)3)19-11-14-7-13(4)8-15(9-14)20-5;/h7-9,12H,6,10-11H2,1-5H3,(H2,17,18,19);1H. The molecule has 0 saturated carbocycles. The molecule has 1 rings (SSSR count). The Morgan fingerprint density at radius 3 is 2.52 bits per heavy atom. The van der Waals surface area contributed by atoms with Gasteiger partial charge >= 0.3 is 0 Å². The first-order chi connectivity index (χ1) is 9.55. The number of methoxy groups -OCH3 is 1. The Bertz CT molecular complexity index is 447. The zero-order valence-corrected chi connectivity index (χ0v) is 16.0. The minimum Gasteiger partial charge on any atom is -0.497 e. The lowest BCUT2D eigenvalue weighted by atomic mass is 10.1. The van der Waals surface area contributed by atoms with Crippen LogP contribution < -0.4 is 15.4 Å². The SMILES string of the molecule is CCNC(=NCc1cc(C)cc(OC)c1)NCC(C)C.I. The van der Waals surface area contributed by atoms with Crippen LogP contribution in [0.3, 0.4) is 0 Å². The molecule has 0 amide bonds. The summed E-state index contributed by atoms with van der Waals surface area (Å²) >= 11 is 0. The Morgan fingerprint density at radius 2 is 1.95 bits per heavy atom. The molecule has 4 nitrogen and oxygen atoms in total. The van der Waals surface area contributed by atoms with Crippen LogP contribution in [0.15, 0.2) is 23.2 Å². The van der Waals surface area contributed by atoms with Crippen LogP contribution in [0, 0.1) is 12.8 Å². The fraction of sp³-hybridized carbons (Fsp3) is 0.562. The molecule has 0 bridgehead atoms. The van der Waals surface area contributed by atoms with Crippen molar-refractivity contribution in [1.82, 2.24) is 10.6 Å². The van der Waals surface area contributed by atoms with Gasteiger partial charge in [0.05, 0.1) is 13.7 Å². The molecule has 0 spiro atoms. The van der Waals surface area contributed by atoms with Crippen molar-refractivity contribution in [3.63, 3.8) is 0 Å². The van der Waals surface area contributed by atoms with Gasteiger partial charge in [-0.15, -0.1) is 24.0 Å². The van der Waals surface area contributed by atoms with Gasteiger partial charge in [-0.2, -0.15) is 0 Å². The predicted molar refractivity (Wildman–Crippen MR) is 101 cm³/mol. The van der Waals surface area contributed by atoms with E-state index in [2.05, 4.69) is 49.4 Å². The molecule has 0 aliphatic heterocycles. The second-order valence-corrected chi connectivity index (χ2v) is 5.33. The van der Waals surface area contributed by atoms with E-state index < -0.39 is 0 Å². The molecular formula is C16H28IN3O. The van der Waals surface area contributed by atoms with Crippen molar-refractivity contribution < 1.29 is 4.74 Å². The summed E-state index contributed by atoms with van der Waals surface area (Å²) in [5.74, 6) is 2.34. The van der Waals surface area contributed by atoms with Crippen molar-refractivity contribution in [2.75, 3.05) is 20.2 Å². The highest BCUT2D eigenvalue weighted by atomic mass is 127. The van der Waals surface area contributed by atoms with E-state index in [9.17, 15) is 0 Å². The monoisotopic (exact) mass is 405 g/mol. The molecule has 0 aliphatic rings. The number of aryl methyl sites for hydroxylation is 1. The maximum absolute atomic E-state index is 5.29. The van der Waals surface area contributed by atoms with E-state index in [4.69, 9.17) is 4.74 Å². The van der Waals surface area contributed by atoms with Crippen LogP contribution in [0.25, 0.3) is 0 Å². The number of nitrogens with zero attached hydrogens (tertiary/aromatic N) is 1. The number of rotatable bonds is 6. The van der Waals surface area contributed by atoms with Crippen LogP contribution in [0.2, 0.25) is 0 Å². The first-order valence-electron chi connectivity index (χ1n) is 7.21. The summed E-state index contributed by atoms with van der Waals surface area (Å²) in [6.07, 6.45) is 0. The van der Waals surface area contributed by atoms with Gasteiger partial charge in [-0.05, 0) is 43.0 Å². The Labute approximate surface area is 145 Å². The van der Waals surface area contributed by atoms with Crippen molar-refractivity contribution in [2.45, 2.75) is 34.2 Å². The number of guanidine groups is 1. The Balaban J connectivity index is 0.00000400. The quantitative estimate of drug-likeness (QED) is 0.434. The van der Waals surface area contributed by atoms with Crippen LogP contribution >= 0.6 is 24.0 Å². The van der Waals surface area contributed by atoms with E-state index in [-0.39, 0.29) is 24.0 Å². The van der Waals surface area contributed by atoms with Crippen molar-refractivity contribution in [3.05, 3.63) is 29.3 Å². The topological polar surface area (TPSA) is 45.7 Å². The molecule has 5 heteroatoms. The highest BCUT2D eigenvalue weighted by Crippen LogP contribution is 2.16. The number of ether oxygens (including phenoxy) is 1. The largest absolute Gasteiger partial charge is 0.497 e. The lowest BCUT2D eigenvalue weighted by Gasteiger charge is -2.13. The molecule has 120 valence electrons. The van der Waals surface area contributed by atoms with Gasteiger partial charge in [0, 0.05) is 13.1 Å². The third-order valence-electron chi connectivity index (χ3n) is 2.79. The van der Waals surface area contributed by atoms with Gasteiger partial charge in [-0.25, -0.2) is 4.99 Å². The van der Waals surface area contributed by atoms with E-state index in [1.165, 1.54) is 5.56 Å². The van der Waals surface area contributed by atoms with Crippen LogP contribution in [0.5, 0.6) is 5.75 Å². The zero-order valence-electron chi connectivity index (χ0n) is 13.7. The minimum atomic E-state index is 0. The summed E-state index contributed by atoms with van der Waals surface area (Å²) in [6, 6.07) is 6.19. The van der Waals surface area contributed by atoms with Gasteiger partial charge in [-0.1, -0.05) is 19.9 Å². The van der Waals surface area contributed by atoms with Crippen LogP contribution in [0.4, 0.5) is 0 Å².